The zero-order valence-corrected chi connectivity index (χ0v) is 15.0. The van der Waals surface area contributed by atoms with Crippen molar-refractivity contribution < 1.29 is 4.52 Å². The maximum Gasteiger partial charge on any atom is 0.188 e. The number of fused-ring (bicyclic) bond motifs is 1. The van der Waals surface area contributed by atoms with Gasteiger partial charge in [-0.25, -0.2) is 9.97 Å². The predicted molar refractivity (Wildman–Crippen MR) is 108 cm³/mol. The van der Waals surface area contributed by atoms with Gasteiger partial charge in [0.25, 0.3) is 0 Å². The molecule has 5 aromatic rings. The Bertz CT molecular complexity index is 1210. The maximum absolute atomic E-state index is 5.48. The highest BCUT2D eigenvalue weighted by atomic mass is 32.1. The van der Waals surface area contributed by atoms with E-state index in [2.05, 4.69) is 26.5 Å². The second kappa shape index (κ2) is 6.66. The third-order valence-corrected chi connectivity index (χ3v) is 4.96. The molecule has 0 spiro atoms. The highest BCUT2D eigenvalue weighted by Gasteiger charge is 2.12. The van der Waals surface area contributed by atoms with E-state index in [4.69, 9.17) is 4.52 Å². The molecule has 3 aromatic heterocycles. The van der Waals surface area contributed by atoms with E-state index in [0.717, 1.165) is 38.7 Å². The monoisotopic (exact) mass is 370 g/mol. The molecule has 0 unspecified atom stereocenters. The minimum atomic E-state index is 0.643. The molecule has 0 saturated heterocycles. The quantitative estimate of drug-likeness (QED) is 0.436. The van der Waals surface area contributed by atoms with Gasteiger partial charge in [-0.15, -0.1) is 11.3 Å². The van der Waals surface area contributed by atoms with Gasteiger partial charge in [-0.2, -0.15) is 0 Å². The van der Waals surface area contributed by atoms with Gasteiger partial charge in [0, 0.05) is 28.6 Å². The van der Waals surface area contributed by atoms with Crippen LogP contribution in [0, 0.1) is 0 Å². The standard InChI is InChI=1S/C21H14N4OS/c1-2-6-14(7-3-1)17-11-19(26-25-17)18-13-27-21(23-18)24-20-10-15-8-4-5-9-16(15)12-22-20/h1-13H,(H,22,23,24). The molecule has 5 rings (SSSR count). The number of aromatic nitrogens is 3. The number of nitrogens with one attached hydrogen (secondary N) is 1. The number of nitrogens with zero attached hydrogens (tertiary/aromatic N) is 3. The summed E-state index contributed by atoms with van der Waals surface area (Å²) in [5, 5.41) is 12.3. The molecular weight excluding hydrogens is 356 g/mol. The van der Waals surface area contributed by atoms with E-state index in [0.29, 0.717) is 5.76 Å². The Labute approximate surface area is 159 Å². The van der Waals surface area contributed by atoms with Crippen LogP contribution in [0.25, 0.3) is 33.5 Å². The molecule has 3 heterocycles. The molecule has 2 aromatic carbocycles. The first-order valence-electron chi connectivity index (χ1n) is 8.45. The molecule has 5 nitrogen and oxygen atoms in total. The Balaban J connectivity index is 1.39. The lowest BCUT2D eigenvalue weighted by Crippen LogP contribution is -1.92. The molecule has 27 heavy (non-hydrogen) atoms. The normalized spacial score (nSPS) is 11.0. The summed E-state index contributed by atoms with van der Waals surface area (Å²) < 4.78 is 5.48. The first-order chi connectivity index (χ1) is 13.3. The van der Waals surface area contributed by atoms with E-state index >= 15 is 0 Å². The van der Waals surface area contributed by atoms with Crippen LogP contribution in [0.15, 0.2) is 82.8 Å². The van der Waals surface area contributed by atoms with Crippen LogP contribution in [0.1, 0.15) is 0 Å². The lowest BCUT2D eigenvalue weighted by atomic mass is 10.1. The largest absolute Gasteiger partial charge is 0.354 e. The Hall–Kier alpha value is -3.51. The van der Waals surface area contributed by atoms with Gasteiger partial charge < -0.3 is 9.84 Å². The van der Waals surface area contributed by atoms with Crippen molar-refractivity contribution in [3.05, 3.63) is 78.3 Å². The van der Waals surface area contributed by atoms with Gasteiger partial charge >= 0.3 is 0 Å². The van der Waals surface area contributed by atoms with Crippen molar-refractivity contribution >= 4 is 33.1 Å². The average Bonchev–Trinajstić information content (AvgIpc) is 3.38. The summed E-state index contributed by atoms with van der Waals surface area (Å²) in [6.07, 6.45) is 1.86. The zero-order valence-electron chi connectivity index (χ0n) is 14.2. The fourth-order valence-corrected chi connectivity index (χ4v) is 3.55. The fourth-order valence-electron chi connectivity index (χ4n) is 2.85. The van der Waals surface area contributed by atoms with Crippen molar-refractivity contribution in [1.82, 2.24) is 15.1 Å². The Kier molecular flexibility index (Phi) is 3.88. The van der Waals surface area contributed by atoms with Gasteiger partial charge in [0.2, 0.25) is 0 Å². The molecule has 0 amide bonds. The van der Waals surface area contributed by atoms with Crippen LogP contribution in [0.3, 0.4) is 0 Å². The van der Waals surface area contributed by atoms with E-state index in [9.17, 15) is 0 Å². The predicted octanol–water partition coefficient (Wildman–Crippen LogP) is 5.76. The van der Waals surface area contributed by atoms with Gasteiger partial charge in [-0.3, -0.25) is 0 Å². The van der Waals surface area contributed by atoms with Crippen molar-refractivity contribution in [3.8, 4) is 22.7 Å². The summed E-state index contributed by atoms with van der Waals surface area (Å²) in [4.78, 5) is 9.04. The molecule has 1 N–H and O–H groups in total. The van der Waals surface area contributed by atoms with Gasteiger partial charge in [-0.05, 0) is 11.5 Å². The molecule has 0 radical (unpaired) electrons. The van der Waals surface area contributed by atoms with Crippen LogP contribution >= 0.6 is 11.3 Å². The van der Waals surface area contributed by atoms with Gasteiger partial charge in [0.15, 0.2) is 10.9 Å². The molecular formula is C21H14N4OS. The van der Waals surface area contributed by atoms with Gasteiger partial charge in [0.05, 0.1) is 0 Å². The molecule has 0 bridgehead atoms. The number of benzene rings is 2. The van der Waals surface area contributed by atoms with Gasteiger partial charge in [0.1, 0.15) is 17.2 Å². The highest BCUT2D eigenvalue weighted by Crippen LogP contribution is 2.30. The number of anilines is 2. The number of hydrogen-bond acceptors (Lipinski definition) is 6. The summed E-state index contributed by atoms with van der Waals surface area (Å²) in [6.45, 7) is 0. The van der Waals surface area contributed by atoms with Crippen molar-refractivity contribution in [2.24, 2.45) is 0 Å². The third kappa shape index (κ3) is 3.18. The second-order valence-corrected chi connectivity index (χ2v) is 6.88. The summed E-state index contributed by atoms with van der Waals surface area (Å²) in [5.74, 6) is 1.40. The minimum absolute atomic E-state index is 0.643. The Morgan fingerprint density at radius 2 is 1.67 bits per heavy atom. The summed E-state index contributed by atoms with van der Waals surface area (Å²) in [7, 11) is 0. The SMILES string of the molecule is c1ccc(-c2cc(-c3csc(Nc4cc5ccccc5cn4)n3)on2)cc1. The summed E-state index contributed by atoms with van der Waals surface area (Å²) in [6, 6.07) is 22.0. The molecule has 0 atom stereocenters. The van der Waals surface area contributed by atoms with Crippen LogP contribution < -0.4 is 5.32 Å². The zero-order chi connectivity index (χ0) is 18.1. The third-order valence-electron chi connectivity index (χ3n) is 4.20. The van der Waals surface area contributed by atoms with E-state index < -0.39 is 0 Å². The topological polar surface area (TPSA) is 63.8 Å². The Morgan fingerprint density at radius 3 is 2.56 bits per heavy atom. The summed E-state index contributed by atoms with van der Waals surface area (Å²) >= 11 is 1.50. The van der Waals surface area contributed by atoms with Crippen LogP contribution in [-0.2, 0) is 0 Å². The molecule has 0 saturated carbocycles. The fraction of sp³-hybridized carbons (Fsp3) is 0. The van der Waals surface area contributed by atoms with E-state index in [1.807, 2.05) is 72.2 Å². The number of thiazole rings is 1. The van der Waals surface area contributed by atoms with Crippen LogP contribution in [-0.4, -0.2) is 15.1 Å². The Morgan fingerprint density at radius 1 is 0.852 bits per heavy atom. The lowest BCUT2D eigenvalue weighted by molar-refractivity contribution is 0.434. The molecule has 0 aliphatic carbocycles. The van der Waals surface area contributed by atoms with Crippen LogP contribution in [0.2, 0.25) is 0 Å². The van der Waals surface area contributed by atoms with Crippen molar-refractivity contribution in [2.45, 2.75) is 0 Å². The molecule has 6 heteroatoms. The number of hydrogen-bond donors (Lipinski definition) is 1. The van der Waals surface area contributed by atoms with E-state index in [-0.39, 0.29) is 0 Å². The first kappa shape index (κ1) is 15.7. The van der Waals surface area contributed by atoms with Crippen LogP contribution in [0.5, 0.6) is 0 Å². The first-order valence-corrected chi connectivity index (χ1v) is 9.33. The highest BCUT2D eigenvalue weighted by molar-refractivity contribution is 7.14. The molecule has 0 aliphatic heterocycles. The smallest absolute Gasteiger partial charge is 0.188 e. The average molecular weight is 370 g/mol. The van der Waals surface area contributed by atoms with Crippen LogP contribution in [0.4, 0.5) is 10.9 Å². The van der Waals surface area contributed by atoms with Crippen molar-refractivity contribution in [2.75, 3.05) is 5.32 Å². The van der Waals surface area contributed by atoms with E-state index in [1.54, 1.807) is 0 Å². The van der Waals surface area contributed by atoms with E-state index in [1.165, 1.54) is 11.3 Å². The summed E-state index contributed by atoms with van der Waals surface area (Å²) in [5.41, 5.74) is 2.56. The van der Waals surface area contributed by atoms with Crippen molar-refractivity contribution in [3.63, 3.8) is 0 Å². The maximum atomic E-state index is 5.48. The molecule has 0 aliphatic rings. The molecule has 130 valence electrons. The number of rotatable bonds is 4. The van der Waals surface area contributed by atoms with Crippen molar-refractivity contribution in [1.29, 1.82) is 0 Å². The minimum Gasteiger partial charge on any atom is -0.354 e. The van der Waals surface area contributed by atoms with Gasteiger partial charge in [-0.1, -0.05) is 59.8 Å². The molecule has 0 fully saturated rings. The second-order valence-electron chi connectivity index (χ2n) is 6.02. The lowest BCUT2D eigenvalue weighted by Gasteiger charge is -2.03. The number of pyridine rings is 1.